The third kappa shape index (κ3) is 32.2. The first-order valence-electron chi connectivity index (χ1n) is 43.7. The summed E-state index contributed by atoms with van der Waals surface area (Å²) in [6, 6.07) is 60.7. The first-order valence-corrected chi connectivity index (χ1v) is 45.8. The molecule has 141 heavy (non-hydrogen) atoms. The van der Waals surface area contributed by atoms with Crippen LogP contribution in [0.4, 0.5) is 24.5 Å². The van der Waals surface area contributed by atoms with Crippen LogP contribution in [0.15, 0.2) is 347 Å². The molecule has 0 saturated heterocycles. The molecule has 0 bridgehead atoms. The number of anilines is 2. The molecule has 33 heteroatoms. The van der Waals surface area contributed by atoms with Crippen LogP contribution in [0.2, 0.25) is 5.02 Å². The van der Waals surface area contributed by atoms with E-state index < -0.39 is 17.5 Å². The molecule has 19 rings (SSSR count). The van der Waals surface area contributed by atoms with E-state index in [0.29, 0.717) is 78.6 Å². The average molecular weight is 1940 g/mol. The van der Waals surface area contributed by atoms with Crippen molar-refractivity contribution in [3.8, 4) is 57.5 Å². The number of Topliss-reactive ketones (excluding diaryl/α,β-unsaturated/α-hetero) is 6. The van der Waals surface area contributed by atoms with Crippen molar-refractivity contribution in [3.05, 3.63) is 458 Å². The van der Waals surface area contributed by atoms with Gasteiger partial charge in [0.25, 0.3) is 0 Å². The molecule has 0 aliphatic heterocycles. The summed E-state index contributed by atoms with van der Waals surface area (Å²) in [6.45, 7) is 5.80. The molecule has 0 N–H and O–H groups in total. The van der Waals surface area contributed by atoms with Gasteiger partial charge in [0, 0.05) is 158 Å². The third-order valence-electron chi connectivity index (χ3n) is 20.2. The Kier molecular flexibility index (Phi) is 35.8. The Labute approximate surface area is 821 Å². The van der Waals surface area contributed by atoms with Crippen LogP contribution in [0.5, 0.6) is 57.5 Å². The molecule has 6 aromatic carbocycles. The lowest BCUT2D eigenvalue weighted by Gasteiger charge is -2.19. The highest BCUT2D eigenvalue weighted by molar-refractivity contribution is 7.10. The zero-order valence-electron chi connectivity index (χ0n) is 76.1. The minimum absolute atomic E-state index is 0.00957. The zero-order chi connectivity index (χ0) is 98.6. The van der Waals surface area contributed by atoms with E-state index in [1.165, 1.54) is 140 Å². The number of ether oxygens (including phenoxy) is 5. The molecule has 1 saturated carbocycles. The van der Waals surface area contributed by atoms with Crippen LogP contribution < -0.4 is 28.6 Å². The smallest absolute Gasteiger partial charge is 0.169 e. The molecule has 0 atom stereocenters. The normalized spacial score (nSPS) is 11.0. The largest absolute Gasteiger partial charge is 0.456 e. The maximum absolute atomic E-state index is 13.9. The summed E-state index contributed by atoms with van der Waals surface area (Å²) in [6.07, 6.45) is 33.5. The summed E-state index contributed by atoms with van der Waals surface area (Å²) in [5, 5.41) is 5.77. The van der Waals surface area contributed by atoms with Gasteiger partial charge in [-0.3, -0.25) is 63.7 Å². The van der Waals surface area contributed by atoms with E-state index in [9.17, 15) is 41.9 Å². The summed E-state index contributed by atoms with van der Waals surface area (Å²) in [5.41, 5.74) is 11.1. The third-order valence-corrected chi connectivity index (χ3v) is 22.1. The van der Waals surface area contributed by atoms with Gasteiger partial charge >= 0.3 is 0 Å². The molecule has 18 aromatic rings. The zero-order valence-corrected chi connectivity index (χ0v) is 78.5. The second kappa shape index (κ2) is 50.5. The van der Waals surface area contributed by atoms with E-state index in [0.717, 1.165) is 56.0 Å². The van der Waals surface area contributed by atoms with Crippen molar-refractivity contribution in [1.29, 1.82) is 0 Å². The van der Waals surface area contributed by atoms with Crippen LogP contribution in [0.25, 0.3) is 0 Å². The summed E-state index contributed by atoms with van der Waals surface area (Å²) in [7, 11) is 1.88. The standard InChI is InChI=1S/C19H17ClN4O.C19H16N2O2.C18H14FN3O2S.C18H14FN3O2.C18H14N2O2.C16H11FN2O2S/c1-13-3-4-16(23-9-13)8-19(25)14-5-15(20)7-17(6-14)24(2)18-10-21-12-22-11-18;1-14-5-2-7-16(21-14)12-19(22)15-6-3-8-17(11-15)23-18-9-4-10-20-13-18;19-13-3-12(4-14(5-13)24-15-7-20-10-21-8-15)17(23)6-18-22-16(9-25-18)11-1-2-11;1-12-2-3-15(22-8-12)7-18(23)13-4-14(19)6-16(5-13)24-17-9-20-11-21-10-17;21-18(12-15-6-1-2-10-20-15)14-5-3-7-16(11-14)22-17-8-4-9-19-13-17;17-12-6-11(15(20)9-16-19-4-5-22-16)7-14(8-12)21-13-2-1-3-18-10-13/h3-7,9-12H,8H2,1-2H3;2-11,13H,12H2,1H3;3-5,7-11H,1-2,6H2;2-6,8-11H,7H2,1H3;1-11,13H,12H2;1-8,10H,9H2. The van der Waals surface area contributed by atoms with Crippen LogP contribution >= 0.6 is 34.3 Å². The molecule has 1 aliphatic carbocycles. The fourth-order valence-electron chi connectivity index (χ4n) is 13.2. The lowest BCUT2D eigenvalue weighted by Crippen LogP contribution is -2.12. The second-order valence-corrected chi connectivity index (χ2v) is 33.7. The number of thiazole rings is 2. The van der Waals surface area contributed by atoms with Gasteiger partial charge in [0.15, 0.2) is 46.2 Å². The fourth-order valence-corrected chi connectivity index (χ4v) is 14.9. The quantitative estimate of drug-likeness (QED) is 0.0364. The summed E-state index contributed by atoms with van der Waals surface area (Å²) in [5.74, 6) is 2.73. The second-order valence-electron chi connectivity index (χ2n) is 31.4. The van der Waals surface area contributed by atoms with Crippen molar-refractivity contribution < 1.29 is 65.6 Å². The number of halogens is 4. The average Bonchev–Trinajstić information content (AvgIpc) is 1.81. The number of aromatic nitrogens is 15. The SMILES string of the molecule is Cc1ccc(CC(=O)c2cc(Cl)cc(N(C)c3cncnc3)c2)nc1.Cc1ccc(CC(=O)c2cc(F)cc(Oc3cncnc3)c2)nc1.Cc1cccc(CC(=O)c2cccc(Oc3cccnc3)c2)n1.O=C(Cc1ccccn1)c1cccc(Oc2cccnc2)c1.O=C(Cc1nc(C2CC2)cs1)c1cc(F)cc(Oc2cncnc2)c1.O=C(Cc1nccs1)c1cc(F)cc(Oc2cccnc2)c1. The molecule has 1 fully saturated rings. The van der Waals surface area contributed by atoms with Crippen molar-refractivity contribution in [2.45, 2.75) is 78.1 Å². The highest BCUT2D eigenvalue weighted by Crippen LogP contribution is 2.41. The minimum Gasteiger partial charge on any atom is -0.456 e. The molecule has 0 spiro atoms. The number of rotatable bonds is 31. The monoisotopic (exact) mass is 1940 g/mol. The number of carbonyl (C=O) groups is 6. The summed E-state index contributed by atoms with van der Waals surface area (Å²) < 4.78 is 69.3. The molecule has 0 amide bonds. The number of hydrogen-bond acceptors (Lipinski definition) is 29. The van der Waals surface area contributed by atoms with E-state index in [1.54, 1.807) is 146 Å². The molecule has 704 valence electrons. The maximum Gasteiger partial charge on any atom is 0.169 e. The summed E-state index contributed by atoms with van der Waals surface area (Å²) >= 11 is 9.09. The van der Waals surface area contributed by atoms with Gasteiger partial charge in [0.2, 0.25) is 0 Å². The van der Waals surface area contributed by atoms with Crippen molar-refractivity contribution in [1.82, 2.24) is 74.8 Å². The Morgan fingerprint density at radius 2 is 0.745 bits per heavy atom. The molecule has 0 unspecified atom stereocenters. The number of carbonyl (C=O) groups excluding carboxylic acids is 6. The first kappa shape index (κ1) is 99.7. The Balaban J connectivity index is 0.000000135. The van der Waals surface area contributed by atoms with Crippen LogP contribution in [0.3, 0.4) is 0 Å². The molecule has 27 nitrogen and oxygen atoms in total. The van der Waals surface area contributed by atoms with Gasteiger partial charge in [0.1, 0.15) is 92.4 Å². The van der Waals surface area contributed by atoms with Gasteiger partial charge < -0.3 is 28.6 Å². The Morgan fingerprint density at radius 3 is 1.18 bits per heavy atom. The highest BCUT2D eigenvalue weighted by Gasteiger charge is 2.27. The number of nitrogens with zero attached hydrogens (tertiary/aromatic N) is 16. The van der Waals surface area contributed by atoms with Crippen LogP contribution in [0.1, 0.15) is 136 Å². The molecule has 1 aliphatic rings. The fraction of sp³-hybridized carbons (Fsp3) is 0.120. The number of pyridine rings is 7. The first-order chi connectivity index (χ1) is 68.5. The van der Waals surface area contributed by atoms with Crippen molar-refractivity contribution in [3.63, 3.8) is 0 Å². The van der Waals surface area contributed by atoms with E-state index >= 15 is 0 Å². The number of hydrogen-bond donors (Lipinski definition) is 0. The Morgan fingerprint density at radius 1 is 0.333 bits per heavy atom. The maximum atomic E-state index is 13.9. The van der Waals surface area contributed by atoms with Crippen molar-refractivity contribution >= 4 is 80.3 Å². The Hall–Kier alpha value is -17.2. The topological polar surface area (TPSA) is 345 Å². The number of aryl methyl sites for hydroxylation is 3. The molecule has 12 heterocycles. The van der Waals surface area contributed by atoms with E-state index in [2.05, 4.69) is 74.8 Å². The van der Waals surface area contributed by atoms with Gasteiger partial charge in [0.05, 0.1) is 106 Å². The molecular weight excluding hydrogens is 1850 g/mol. The van der Waals surface area contributed by atoms with Crippen LogP contribution in [-0.4, -0.2) is 117 Å². The van der Waals surface area contributed by atoms with Gasteiger partial charge in [-0.05, 0) is 196 Å². The highest BCUT2D eigenvalue weighted by atomic mass is 35.5. The summed E-state index contributed by atoms with van der Waals surface area (Å²) in [4.78, 5) is 137. The predicted molar refractivity (Wildman–Crippen MR) is 526 cm³/mol. The number of ketones is 6. The van der Waals surface area contributed by atoms with Crippen molar-refractivity contribution in [2.75, 3.05) is 11.9 Å². The van der Waals surface area contributed by atoms with Crippen molar-refractivity contribution in [2.24, 2.45) is 0 Å². The van der Waals surface area contributed by atoms with E-state index in [1.807, 2.05) is 129 Å². The lowest BCUT2D eigenvalue weighted by atomic mass is 10.0. The van der Waals surface area contributed by atoms with E-state index in [-0.39, 0.29) is 107 Å². The number of benzene rings is 6. The minimum atomic E-state index is -0.551. The van der Waals surface area contributed by atoms with Gasteiger partial charge in [-0.15, -0.1) is 22.7 Å². The lowest BCUT2D eigenvalue weighted by molar-refractivity contribution is 0.0983. The van der Waals surface area contributed by atoms with Gasteiger partial charge in [-0.1, -0.05) is 60.1 Å². The molecule has 12 aromatic heterocycles. The van der Waals surface area contributed by atoms with Crippen LogP contribution in [-0.2, 0) is 38.5 Å². The molecule has 0 radical (unpaired) electrons. The molecular formula is C108H86ClF3N16O11S2. The van der Waals surface area contributed by atoms with E-state index in [4.69, 9.17) is 35.3 Å². The van der Waals surface area contributed by atoms with Crippen LogP contribution in [0, 0.1) is 38.2 Å². The van der Waals surface area contributed by atoms with Gasteiger partial charge in [-0.2, -0.15) is 0 Å². The van der Waals surface area contributed by atoms with Gasteiger partial charge in [-0.25, -0.2) is 53.0 Å². The Bertz CT molecular complexity index is 7220. The predicted octanol–water partition coefficient (Wildman–Crippen LogP) is 23.3.